The van der Waals surface area contributed by atoms with Crippen LogP contribution in [0.3, 0.4) is 0 Å². The number of Topliss-reactive ketones (excluding diaryl/α,β-unsaturated/α-hetero) is 1. The molecule has 142 valence electrons. The van der Waals surface area contributed by atoms with Crippen LogP contribution in [0.2, 0.25) is 0 Å². The molecule has 0 spiro atoms. The van der Waals surface area contributed by atoms with Crippen molar-refractivity contribution in [3.05, 3.63) is 71.5 Å². The Hall–Kier alpha value is -1.42. The Labute approximate surface area is 165 Å². The molecule has 0 N–H and O–H groups in total. The Morgan fingerprint density at radius 1 is 1.00 bits per heavy atom. The van der Waals surface area contributed by atoms with Crippen LogP contribution in [-0.2, 0) is 6.42 Å². The maximum atomic E-state index is 13.1. The van der Waals surface area contributed by atoms with Gasteiger partial charge < -0.3 is 0 Å². The molecule has 0 amide bonds. The predicted octanol–water partition coefficient (Wildman–Crippen LogP) is 5.43. The quantitative estimate of drug-likeness (QED) is 0.458. The summed E-state index contributed by atoms with van der Waals surface area (Å²) < 4.78 is 13.1. The maximum absolute atomic E-state index is 13.1. The Morgan fingerprint density at radius 2 is 1.54 bits per heavy atom. The summed E-state index contributed by atoms with van der Waals surface area (Å²) in [5.41, 5.74) is 1.04. The molecule has 26 heavy (non-hydrogen) atoms. The van der Waals surface area contributed by atoms with Gasteiger partial charge in [0, 0.05) is 17.3 Å². The third kappa shape index (κ3) is 6.08. The van der Waals surface area contributed by atoms with E-state index >= 15 is 0 Å². The van der Waals surface area contributed by atoms with E-state index in [1.165, 1.54) is 12.1 Å². The van der Waals surface area contributed by atoms with Crippen molar-refractivity contribution in [1.82, 2.24) is 4.90 Å². The molecule has 1 atom stereocenters. The lowest BCUT2D eigenvalue weighted by molar-refractivity contribution is 0.0666. The van der Waals surface area contributed by atoms with Crippen LogP contribution in [-0.4, -0.2) is 42.1 Å². The summed E-state index contributed by atoms with van der Waals surface area (Å²) in [6, 6.07) is 15.8. The summed E-state index contributed by atoms with van der Waals surface area (Å²) in [6.45, 7) is 2.02. The fourth-order valence-corrected chi connectivity index (χ4v) is 2.85. The van der Waals surface area contributed by atoms with Crippen molar-refractivity contribution >= 4 is 29.0 Å². The summed E-state index contributed by atoms with van der Waals surface area (Å²) >= 11 is 10.1. The molecule has 0 aliphatic rings. The van der Waals surface area contributed by atoms with Crippen molar-refractivity contribution in [2.45, 2.75) is 25.3 Å². The average Bonchev–Trinajstić information content (AvgIpc) is 2.67. The predicted molar refractivity (Wildman–Crippen MR) is 109 cm³/mol. The molecule has 2 aromatic carbocycles. The topological polar surface area (TPSA) is 20.3 Å². The van der Waals surface area contributed by atoms with Gasteiger partial charge in [0.2, 0.25) is 0 Å². The van der Waals surface area contributed by atoms with E-state index in [4.69, 9.17) is 23.2 Å². The second kappa shape index (κ2) is 11.3. The van der Waals surface area contributed by atoms with Gasteiger partial charge in [0.15, 0.2) is 5.78 Å². The smallest absolute Gasteiger partial charge is 0.183 e. The minimum absolute atomic E-state index is 0.0313. The van der Waals surface area contributed by atoms with E-state index in [0.717, 1.165) is 5.56 Å². The first-order valence-electron chi connectivity index (χ1n) is 8.55. The molecule has 0 bridgehead atoms. The van der Waals surface area contributed by atoms with E-state index in [1.807, 2.05) is 56.3 Å². The van der Waals surface area contributed by atoms with Crippen LogP contribution in [0.1, 0.15) is 29.3 Å². The zero-order valence-corrected chi connectivity index (χ0v) is 17.0. The molecule has 0 radical (unpaired) electrons. The zero-order chi connectivity index (χ0) is 19.6. The lowest BCUT2D eigenvalue weighted by atomic mass is 9.80. The SMILES string of the molecule is CCC(Cc1ccccc1)(C(=O)c1ccc(F)cc1)N(C)C.ClCCCl. The van der Waals surface area contributed by atoms with Gasteiger partial charge in [-0.3, -0.25) is 9.69 Å². The third-order valence-electron chi connectivity index (χ3n) is 4.38. The second-order valence-electron chi connectivity index (χ2n) is 6.16. The van der Waals surface area contributed by atoms with E-state index < -0.39 is 5.54 Å². The molecule has 0 heterocycles. The first-order chi connectivity index (χ1) is 12.4. The molecule has 0 saturated heterocycles. The van der Waals surface area contributed by atoms with E-state index in [9.17, 15) is 9.18 Å². The molecule has 0 aromatic heterocycles. The Bertz CT molecular complexity index is 659. The van der Waals surface area contributed by atoms with Gasteiger partial charge in [-0.2, -0.15) is 0 Å². The van der Waals surface area contributed by atoms with Crippen molar-refractivity contribution in [2.24, 2.45) is 0 Å². The minimum Gasteiger partial charge on any atom is -0.297 e. The maximum Gasteiger partial charge on any atom is 0.183 e. The highest BCUT2D eigenvalue weighted by atomic mass is 35.5. The summed E-state index contributed by atoms with van der Waals surface area (Å²) in [4.78, 5) is 15.1. The number of likely N-dealkylation sites (N-methyl/N-ethyl adjacent to an activating group) is 1. The van der Waals surface area contributed by atoms with E-state index in [0.29, 0.717) is 30.2 Å². The summed E-state index contributed by atoms with van der Waals surface area (Å²) in [6.07, 6.45) is 1.32. The summed E-state index contributed by atoms with van der Waals surface area (Å²) in [7, 11) is 3.85. The Morgan fingerprint density at radius 3 is 1.96 bits per heavy atom. The lowest BCUT2D eigenvalue weighted by Gasteiger charge is -2.38. The number of carbonyl (C=O) groups is 1. The Balaban J connectivity index is 0.000000765. The number of halogens is 3. The van der Waals surface area contributed by atoms with Crippen LogP contribution in [0.5, 0.6) is 0 Å². The summed E-state index contributed by atoms with van der Waals surface area (Å²) in [5.74, 6) is 0.818. The van der Waals surface area contributed by atoms with Crippen LogP contribution in [0.25, 0.3) is 0 Å². The number of benzene rings is 2. The highest BCUT2D eigenvalue weighted by Gasteiger charge is 2.39. The fraction of sp³-hybridized carbons (Fsp3) is 0.381. The van der Waals surface area contributed by atoms with Gasteiger partial charge in [-0.15, -0.1) is 23.2 Å². The van der Waals surface area contributed by atoms with Crippen LogP contribution in [0, 0.1) is 5.82 Å². The normalized spacial score (nSPS) is 12.9. The molecule has 5 heteroatoms. The van der Waals surface area contributed by atoms with Crippen molar-refractivity contribution in [3.8, 4) is 0 Å². The van der Waals surface area contributed by atoms with E-state index in [-0.39, 0.29) is 11.6 Å². The van der Waals surface area contributed by atoms with Gasteiger partial charge in [-0.25, -0.2) is 4.39 Å². The fourth-order valence-electron chi connectivity index (χ4n) is 2.85. The molecule has 2 nitrogen and oxygen atoms in total. The minimum atomic E-state index is -0.626. The first kappa shape index (κ1) is 22.6. The van der Waals surface area contributed by atoms with E-state index in [2.05, 4.69) is 0 Å². The molecule has 0 fully saturated rings. The number of rotatable bonds is 7. The number of nitrogens with zero attached hydrogens (tertiary/aromatic N) is 1. The monoisotopic (exact) mass is 397 g/mol. The zero-order valence-electron chi connectivity index (χ0n) is 15.5. The number of hydrogen-bond donors (Lipinski definition) is 0. The van der Waals surface area contributed by atoms with Gasteiger partial charge >= 0.3 is 0 Å². The largest absolute Gasteiger partial charge is 0.297 e. The molecular weight excluding hydrogens is 372 g/mol. The van der Waals surface area contributed by atoms with E-state index in [1.54, 1.807) is 12.1 Å². The second-order valence-corrected chi connectivity index (χ2v) is 6.91. The van der Waals surface area contributed by atoms with Gasteiger partial charge in [-0.05, 0) is 56.8 Å². The number of carbonyl (C=O) groups excluding carboxylic acids is 1. The van der Waals surface area contributed by atoms with Gasteiger partial charge in [0.1, 0.15) is 5.82 Å². The standard InChI is InChI=1S/C19H22FNO.C2H4Cl2/c1-4-19(21(2)3,14-15-8-6-5-7-9-15)18(22)16-10-12-17(20)13-11-16;3-1-2-4/h5-13H,4,14H2,1-3H3;1-2H2. The molecule has 2 rings (SSSR count). The van der Waals surface area contributed by atoms with Crippen molar-refractivity contribution in [3.63, 3.8) is 0 Å². The van der Waals surface area contributed by atoms with Gasteiger partial charge in [0.05, 0.1) is 5.54 Å². The van der Waals surface area contributed by atoms with Crippen molar-refractivity contribution < 1.29 is 9.18 Å². The first-order valence-corrected chi connectivity index (χ1v) is 9.61. The van der Waals surface area contributed by atoms with Gasteiger partial charge in [0.25, 0.3) is 0 Å². The average molecular weight is 398 g/mol. The van der Waals surface area contributed by atoms with Gasteiger partial charge in [-0.1, -0.05) is 37.3 Å². The lowest BCUT2D eigenvalue weighted by Crippen LogP contribution is -2.52. The molecule has 0 aliphatic carbocycles. The summed E-state index contributed by atoms with van der Waals surface area (Å²) in [5, 5.41) is 0. The van der Waals surface area contributed by atoms with Crippen LogP contribution in [0.15, 0.2) is 54.6 Å². The molecule has 0 saturated carbocycles. The third-order valence-corrected chi connectivity index (χ3v) is 4.95. The highest BCUT2D eigenvalue weighted by Crippen LogP contribution is 2.27. The highest BCUT2D eigenvalue weighted by molar-refractivity contribution is 6.25. The van der Waals surface area contributed by atoms with Crippen molar-refractivity contribution in [1.29, 1.82) is 0 Å². The molecule has 2 aromatic rings. The Kier molecular flexibility index (Phi) is 9.85. The number of hydrogen-bond acceptors (Lipinski definition) is 2. The number of alkyl halides is 2. The van der Waals surface area contributed by atoms with Crippen LogP contribution in [0.4, 0.5) is 4.39 Å². The van der Waals surface area contributed by atoms with Crippen LogP contribution < -0.4 is 0 Å². The van der Waals surface area contributed by atoms with Crippen LogP contribution >= 0.6 is 23.2 Å². The molecule has 0 aliphatic heterocycles. The molecular formula is C21H26Cl2FNO. The van der Waals surface area contributed by atoms with Crippen molar-refractivity contribution in [2.75, 3.05) is 25.9 Å². The number of ketones is 1. The molecule has 1 unspecified atom stereocenters.